The molecule has 1 aromatic rings. The Morgan fingerprint density at radius 3 is 2.41 bits per heavy atom. The second kappa shape index (κ2) is 5.91. The summed E-state index contributed by atoms with van der Waals surface area (Å²) in [6, 6.07) is 1.72. The van der Waals surface area contributed by atoms with Gasteiger partial charge in [0.2, 0.25) is 0 Å². The molecule has 6 heteroatoms. The van der Waals surface area contributed by atoms with E-state index in [1.807, 2.05) is 0 Å². The van der Waals surface area contributed by atoms with Crippen LogP contribution in [-0.2, 0) is 10.2 Å². The van der Waals surface area contributed by atoms with Crippen molar-refractivity contribution < 1.29 is 24.2 Å². The first-order valence-electron chi connectivity index (χ1n) is 7.41. The molecule has 1 aromatic carbocycles. The molecule has 0 radical (unpaired) electrons. The maximum absolute atomic E-state index is 12.0. The summed E-state index contributed by atoms with van der Waals surface area (Å²) in [7, 11) is 0. The fourth-order valence-electron chi connectivity index (χ4n) is 3.42. The van der Waals surface area contributed by atoms with Crippen LogP contribution < -0.4 is 9.47 Å². The zero-order valence-corrected chi connectivity index (χ0v) is 13.6. The molecule has 2 aliphatic rings. The van der Waals surface area contributed by atoms with E-state index in [2.05, 4.69) is 15.9 Å². The molecule has 22 heavy (non-hydrogen) atoms. The lowest BCUT2D eigenvalue weighted by molar-refractivity contribution is -0.145. The van der Waals surface area contributed by atoms with E-state index in [1.54, 1.807) is 6.07 Å². The van der Waals surface area contributed by atoms with Crippen LogP contribution in [0.25, 0.3) is 0 Å². The average Bonchev–Trinajstić information content (AvgIpc) is 2.54. The minimum atomic E-state index is -0.965. The van der Waals surface area contributed by atoms with Crippen molar-refractivity contribution in [2.75, 3.05) is 13.2 Å². The molecule has 1 heterocycles. The molecule has 118 valence electrons. The van der Waals surface area contributed by atoms with Gasteiger partial charge in [-0.05, 0) is 34.8 Å². The molecule has 0 bridgehead atoms. The third kappa shape index (κ3) is 2.29. The van der Waals surface area contributed by atoms with Crippen LogP contribution in [0, 0.1) is 0 Å². The Hall–Kier alpha value is -1.56. The van der Waals surface area contributed by atoms with E-state index < -0.39 is 11.4 Å². The molecule has 1 N–H and O–H groups in total. The smallest absolute Gasteiger partial charge is 0.314 e. The lowest BCUT2D eigenvalue weighted by Gasteiger charge is -2.36. The van der Waals surface area contributed by atoms with Crippen molar-refractivity contribution >= 4 is 28.2 Å². The predicted octanol–water partition coefficient (Wildman–Crippen LogP) is 3.32. The minimum Gasteiger partial charge on any atom is -0.486 e. The molecule has 1 saturated carbocycles. The number of rotatable bonds is 3. The molecule has 0 atom stereocenters. The highest BCUT2D eigenvalue weighted by Gasteiger charge is 2.45. The van der Waals surface area contributed by atoms with Crippen molar-refractivity contribution in [2.24, 2.45) is 0 Å². The molecule has 0 saturated heterocycles. The van der Waals surface area contributed by atoms with Crippen molar-refractivity contribution in [2.45, 2.75) is 37.5 Å². The molecule has 1 aliphatic heterocycles. The Morgan fingerprint density at radius 2 is 1.82 bits per heavy atom. The number of hydrogen-bond donors (Lipinski definition) is 1. The normalized spacial score (nSPS) is 19.5. The van der Waals surface area contributed by atoms with Gasteiger partial charge in [-0.2, -0.15) is 0 Å². The van der Waals surface area contributed by atoms with Crippen molar-refractivity contribution in [1.82, 2.24) is 0 Å². The third-order valence-corrected chi connectivity index (χ3v) is 5.21. The van der Waals surface area contributed by atoms with Crippen LogP contribution in [0.1, 0.15) is 48.0 Å². The number of benzene rings is 1. The van der Waals surface area contributed by atoms with E-state index in [9.17, 15) is 14.7 Å². The van der Waals surface area contributed by atoms with Crippen molar-refractivity contribution in [3.05, 3.63) is 21.7 Å². The molecule has 5 nitrogen and oxygen atoms in total. The Balaban J connectivity index is 2.23. The quantitative estimate of drug-likeness (QED) is 0.828. The summed E-state index contributed by atoms with van der Waals surface area (Å²) >= 11 is 3.37. The largest absolute Gasteiger partial charge is 0.486 e. The Bertz CT molecular complexity index is 619. The third-order valence-electron chi connectivity index (χ3n) is 4.55. The number of hydrogen-bond acceptors (Lipinski definition) is 4. The van der Waals surface area contributed by atoms with Gasteiger partial charge in [-0.25, -0.2) is 0 Å². The molecular weight excluding hydrogens is 352 g/mol. The number of ether oxygens (including phenoxy) is 2. The minimum absolute atomic E-state index is 0.351. The van der Waals surface area contributed by atoms with Crippen LogP contribution in [0.5, 0.6) is 11.5 Å². The molecule has 0 unspecified atom stereocenters. The number of aldehydes is 1. The van der Waals surface area contributed by atoms with Crippen LogP contribution in [0.3, 0.4) is 0 Å². The van der Waals surface area contributed by atoms with Crippen LogP contribution in [0.15, 0.2) is 10.5 Å². The van der Waals surface area contributed by atoms with E-state index in [-0.39, 0.29) is 0 Å². The maximum atomic E-state index is 12.0. The van der Waals surface area contributed by atoms with Gasteiger partial charge in [-0.1, -0.05) is 19.3 Å². The van der Waals surface area contributed by atoms with Gasteiger partial charge in [0.25, 0.3) is 0 Å². The summed E-state index contributed by atoms with van der Waals surface area (Å²) in [5.41, 5.74) is 0.0224. The van der Waals surface area contributed by atoms with Crippen LogP contribution in [0.4, 0.5) is 0 Å². The van der Waals surface area contributed by atoms with Gasteiger partial charge in [-0.3, -0.25) is 9.59 Å². The second-order valence-electron chi connectivity index (χ2n) is 5.74. The monoisotopic (exact) mass is 368 g/mol. The SMILES string of the molecule is O=Cc1c(Br)cc(C2(C(=O)O)CCCCC2)c2c1OCCO2. The molecule has 0 aromatic heterocycles. The van der Waals surface area contributed by atoms with E-state index in [4.69, 9.17) is 9.47 Å². The van der Waals surface area contributed by atoms with Crippen LogP contribution >= 0.6 is 15.9 Å². The number of fused-ring (bicyclic) bond motifs is 1. The number of aliphatic carboxylic acids is 1. The number of carboxylic acids is 1. The van der Waals surface area contributed by atoms with Gasteiger partial charge >= 0.3 is 5.97 Å². The molecule has 1 aliphatic carbocycles. The van der Waals surface area contributed by atoms with Crippen LogP contribution in [-0.4, -0.2) is 30.6 Å². The first-order chi connectivity index (χ1) is 10.6. The fourth-order valence-corrected chi connectivity index (χ4v) is 3.92. The first kappa shape index (κ1) is 15.3. The molecule has 0 spiro atoms. The Morgan fingerprint density at radius 1 is 1.18 bits per heavy atom. The second-order valence-corrected chi connectivity index (χ2v) is 6.59. The summed E-state index contributed by atoms with van der Waals surface area (Å²) in [6.07, 6.45) is 4.64. The van der Waals surface area contributed by atoms with Crippen molar-refractivity contribution in [3.8, 4) is 11.5 Å². The number of halogens is 1. The summed E-state index contributed by atoms with van der Waals surface area (Å²) < 4.78 is 11.9. The Labute approximate surface area is 136 Å². The van der Waals surface area contributed by atoms with Crippen LogP contribution in [0.2, 0.25) is 0 Å². The van der Waals surface area contributed by atoms with Gasteiger partial charge in [0, 0.05) is 10.0 Å². The summed E-state index contributed by atoms with van der Waals surface area (Å²) in [6.45, 7) is 0.708. The van der Waals surface area contributed by atoms with E-state index >= 15 is 0 Å². The number of carbonyl (C=O) groups excluding carboxylic acids is 1. The van der Waals surface area contributed by atoms with Gasteiger partial charge in [0.1, 0.15) is 13.2 Å². The zero-order chi connectivity index (χ0) is 15.7. The van der Waals surface area contributed by atoms with Gasteiger partial charge in [0.15, 0.2) is 17.8 Å². The van der Waals surface area contributed by atoms with Crippen molar-refractivity contribution in [1.29, 1.82) is 0 Å². The standard InChI is InChI=1S/C16H17BrO5/c17-12-8-11(16(15(19)20)4-2-1-3-5-16)14-13(10(12)9-18)21-6-7-22-14/h8-9H,1-7H2,(H,19,20). The topological polar surface area (TPSA) is 72.8 Å². The molecular formula is C16H17BrO5. The highest BCUT2D eigenvalue weighted by molar-refractivity contribution is 9.10. The van der Waals surface area contributed by atoms with Gasteiger partial charge < -0.3 is 14.6 Å². The number of carbonyl (C=O) groups is 2. The van der Waals surface area contributed by atoms with Gasteiger partial charge in [-0.15, -0.1) is 0 Å². The predicted molar refractivity (Wildman–Crippen MR) is 82.9 cm³/mol. The summed E-state index contributed by atoms with van der Waals surface area (Å²) in [5.74, 6) is -0.0630. The van der Waals surface area contributed by atoms with E-state index in [0.717, 1.165) is 19.3 Å². The number of carboxylic acid groups (broad SMARTS) is 1. The molecule has 3 rings (SSSR count). The lowest BCUT2D eigenvalue weighted by Crippen LogP contribution is -2.39. The first-order valence-corrected chi connectivity index (χ1v) is 8.20. The van der Waals surface area contributed by atoms with Crippen molar-refractivity contribution in [3.63, 3.8) is 0 Å². The molecule has 1 fully saturated rings. The highest BCUT2D eigenvalue weighted by Crippen LogP contribution is 2.50. The average molecular weight is 369 g/mol. The lowest BCUT2D eigenvalue weighted by atomic mass is 9.69. The zero-order valence-electron chi connectivity index (χ0n) is 12.1. The van der Waals surface area contributed by atoms with Gasteiger partial charge in [0.05, 0.1) is 11.0 Å². The summed E-state index contributed by atoms with van der Waals surface area (Å²) in [5, 5.41) is 9.88. The fraction of sp³-hybridized carbons (Fsp3) is 0.500. The van der Waals surface area contributed by atoms with E-state index in [1.165, 1.54) is 0 Å². The summed E-state index contributed by atoms with van der Waals surface area (Å²) in [4.78, 5) is 23.4. The highest BCUT2D eigenvalue weighted by atomic mass is 79.9. The van der Waals surface area contributed by atoms with E-state index in [0.29, 0.717) is 59.4 Å². The molecule has 0 amide bonds. The Kier molecular flexibility index (Phi) is 4.12. The maximum Gasteiger partial charge on any atom is 0.314 e.